The molecule has 0 saturated carbocycles. The molecule has 4 atom stereocenters. The summed E-state index contributed by atoms with van der Waals surface area (Å²) >= 11 is 0. The Balaban J connectivity index is 1.41. The van der Waals surface area contributed by atoms with Gasteiger partial charge in [0.2, 0.25) is 0 Å². The van der Waals surface area contributed by atoms with E-state index in [2.05, 4.69) is 0 Å². The number of rotatable bonds is 16. The molecule has 10 heteroatoms. The number of aromatic nitrogens is 2. The van der Waals surface area contributed by atoms with Crippen LogP contribution in [0, 0.1) is 0 Å². The molecule has 0 radical (unpaired) electrons. The average molecular weight is 669 g/mol. The van der Waals surface area contributed by atoms with Crippen molar-refractivity contribution >= 4 is 13.0 Å². The van der Waals surface area contributed by atoms with Crippen LogP contribution in [0.1, 0.15) is 40.2 Å². The Morgan fingerprint density at radius 1 is 0.604 bits per heavy atom. The van der Waals surface area contributed by atoms with Gasteiger partial charge in [-0.25, -0.2) is 4.98 Å². The molecular weight excluding hydrogens is 627 g/mol. The maximum absolute atomic E-state index is 13.7. The van der Waals surface area contributed by atoms with Crippen molar-refractivity contribution in [3.63, 3.8) is 0 Å². The maximum Gasteiger partial charge on any atom is 0.380 e. The van der Waals surface area contributed by atoms with Crippen LogP contribution in [-0.4, -0.2) is 42.6 Å². The topological polar surface area (TPSA) is 90.3 Å². The predicted molar refractivity (Wildman–Crippen MR) is 183 cm³/mol. The van der Waals surface area contributed by atoms with E-state index in [4.69, 9.17) is 33.0 Å². The van der Waals surface area contributed by atoms with Crippen molar-refractivity contribution < 1.29 is 32.6 Å². The molecule has 0 bridgehead atoms. The summed E-state index contributed by atoms with van der Waals surface area (Å²) in [7, 11) is -1.02. The molecule has 2 heterocycles. The minimum Gasteiger partial charge on any atom is -0.375 e. The number of benzene rings is 4. The number of nitrogens with zero attached hydrogens (tertiary/aromatic N) is 2. The quantitative estimate of drug-likeness (QED) is 0.102. The zero-order valence-electron chi connectivity index (χ0n) is 27.2. The largest absolute Gasteiger partial charge is 0.380 e. The molecule has 0 spiro atoms. The second-order valence-corrected chi connectivity index (χ2v) is 13.7. The van der Waals surface area contributed by atoms with Gasteiger partial charge in [0.1, 0.15) is 24.1 Å². The Hall–Kier alpha value is -3.92. The summed E-state index contributed by atoms with van der Waals surface area (Å²) in [6, 6.07) is 39.5. The second kappa shape index (κ2) is 16.5. The Morgan fingerprint density at radius 2 is 1.04 bits per heavy atom. The molecule has 250 valence electrons. The minimum absolute atomic E-state index is 0.175. The fourth-order valence-corrected chi connectivity index (χ4v) is 6.87. The minimum atomic E-state index is -3.72. The van der Waals surface area contributed by atoms with Crippen molar-refractivity contribution in [1.82, 2.24) is 9.55 Å². The van der Waals surface area contributed by atoms with Crippen LogP contribution in [0.15, 0.2) is 128 Å². The van der Waals surface area contributed by atoms with E-state index in [0.717, 1.165) is 22.3 Å². The fraction of sp³-hybridized carbons (Fsp3) is 0.289. The maximum atomic E-state index is 13.7. The molecule has 48 heavy (non-hydrogen) atoms. The van der Waals surface area contributed by atoms with E-state index in [1.54, 1.807) is 6.20 Å². The van der Waals surface area contributed by atoms with Gasteiger partial charge in [-0.1, -0.05) is 121 Å². The molecule has 0 amide bonds. The third kappa shape index (κ3) is 8.20. The monoisotopic (exact) mass is 668 g/mol. The number of hydrogen-bond donors (Lipinski definition) is 0. The molecule has 1 aliphatic heterocycles. The van der Waals surface area contributed by atoms with Crippen LogP contribution in [0.25, 0.3) is 0 Å². The van der Waals surface area contributed by atoms with Crippen molar-refractivity contribution in [2.24, 2.45) is 0 Å². The lowest BCUT2D eigenvalue weighted by Gasteiger charge is -2.42. The lowest BCUT2D eigenvalue weighted by atomic mass is 9.95. The van der Waals surface area contributed by atoms with Gasteiger partial charge in [-0.3, -0.25) is 4.57 Å². The molecule has 0 aliphatic carbocycles. The van der Waals surface area contributed by atoms with Crippen LogP contribution in [0.2, 0.25) is 0 Å². The van der Waals surface area contributed by atoms with Gasteiger partial charge in [-0.15, -0.1) is 0 Å². The molecule has 1 aromatic heterocycles. The number of fused-ring (bicyclic) bond motifs is 1. The summed E-state index contributed by atoms with van der Waals surface area (Å²) in [6.07, 6.45) is -0.152. The molecule has 0 saturated heterocycles. The van der Waals surface area contributed by atoms with Crippen LogP contribution in [0.4, 0.5) is 0 Å². The molecule has 0 N–H and O–H groups in total. The van der Waals surface area contributed by atoms with Crippen molar-refractivity contribution in [1.29, 1.82) is 0 Å². The van der Waals surface area contributed by atoms with Gasteiger partial charge in [0.25, 0.3) is 0 Å². The normalized spacial score (nSPS) is 19.2. The molecular formula is C38H41N2O7P. The van der Waals surface area contributed by atoms with Crippen LogP contribution in [-0.2, 0) is 59.0 Å². The van der Waals surface area contributed by atoms with Gasteiger partial charge in [0.15, 0.2) is 5.44 Å². The van der Waals surface area contributed by atoms with E-state index in [-0.39, 0.29) is 12.0 Å². The van der Waals surface area contributed by atoms with Gasteiger partial charge in [-0.05, 0) is 22.3 Å². The Morgan fingerprint density at radius 3 is 1.52 bits per heavy atom. The van der Waals surface area contributed by atoms with Gasteiger partial charge < -0.3 is 32.6 Å². The van der Waals surface area contributed by atoms with Gasteiger partial charge in [0.05, 0.1) is 39.1 Å². The average Bonchev–Trinajstić information content (AvgIpc) is 3.60. The number of imidazole rings is 1. The van der Waals surface area contributed by atoms with E-state index in [9.17, 15) is 4.57 Å². The highest BCUT2D eigenvalue weighted by Gasteiger charge is 2.48. The van der Waals surface area contributed by atoms with E-state index >= 15 is 0 Å². The summed E-state index contributed by atoms with van der Waals surface area (Å²) in [4.78, 5) is 4.87. The van der Waals surface area contributed by atoms with Crippen molar-refractivity contribution in [3.8, 4) is 0 Å². The lowest BCUT2D eigenvalue weighted by Crippen LogP contribution is -2.50. The van der Waals surface area contributed by atoms with E-state index in [1.807, 2.05) is 126 Å². The third-order valence-electron chi connectivity index (χ3n) is 8.37. The van der Waals surface area contributed by atoms with Crippen LogP contribution < -0.4 is 5.44 Å². The van der Waals surface area contributed by atoms with E-state index in [0.29, 0.717) is 32.3 Å². The van der Waals surface area contributed by atoms with E-state index in [1.165, 1.54) is 14.2 Å². The summed E-state index contributed by atoms with van der Waals surface area (Å²) in [6.45, 7) is 1.62. The Labute approximate surface area is 281 Å². The van der Waals surface area contributed by atoms with Crippen LogP contribution >= 0.6 is 7.60 Å². The Bertz CT molecular complexity index is 1730. The van der Waals surface area contributed by atoms with Crippen LogP contribution in [0.5, 0.6) is 0 Å². The molecule has 0 unspecified atom stereocenters. The first kappa shape index (κ1) is 34.0. The van der Waals surface area contributed by atoms with Gasteiger partial charge >= 0.3 is 7.60 Å². The first-order chi connectivity index (χ1) is 23.6. The van der Waals surface area contributed by atoms with Gasteiger partial charge in [0, 0.05) is 20.4 Å². The highest BCUT2D eigenvalue weighted by atomic mass is 31.2. The van der Waals surface area contributed by atoms with Crippen molar-refractivity contribution in [2.75, 3.05) is 20.8 Å². The first-order valence-electron chi connectivity index (χ1n) is 16.0. The summed E-state index contributed by atoms with van der Waals surface area (Å²) < 4.78 is 53.0. The zero-order chi connectivity index (χ0) is 33.2. The molecule has 9 nitrogen and oxygen atoms in total. The number of ether oxygens (including phenoxy) is 4. The Kier molecular flexibility index (Phi) is 11.6. The van der Waals surface area contributed by atoms with Crippen molar-refractivity contribution in [3.05, 3.63) is 156 Å². The van der Waals surface area contributed by atoms with Crippen LogP contribution in [0.3, 0.4) is 0 Å². The summed E-state index contributed by atoms with van der Waals surface area (Å²) in [5, 5.41) is 0. The second-order valence-electron chi connectivity index (χ2n) is 11.5. The summed E-state index contributed by atoms with van der Waals surface area (Å²) in [5.41, 5.74) is 4.24. The summed E-state index contributed by atoms with van der Waals surface area (Å²) in [5.74, 6) is 0.529. The molecule has 5 aromatic rings. The predicted octanol–water partition coefficient (Wildman–Crippen LogP) is 7.19. The highest BCUT2D eigenvalue weighted by molar-refractivity contribution is 7.61. The molecule has 0 fully saturated rings. The highest BCUT2D eigenvalue weighted by Crippen LogP contribution is 2.47. The zero-order valence-corrected chi connectivity index (χ0v) is 28.1. The SMILES string of the molecule is COP(=O)(OC)c1cn2c(n1)[C@H](OCc1ccccc1)[C@@H](OCc1ccccc1)[C@H](OCc1ccccc1)[C@H]2COCc1ccccc1. The fourth-order valence-electron chi connectivity index (χ4n) is 5.86. The molecule has 4 aromatic carbocycles. The third-order valence-corrected chi connectivity index (χ3v) is 10.1. The standard InChI is InChI=1S/C38H41N2O7P/c1-42-48(41,43-2)34-23-40-33(28-44-24-29-15-7-3-8-16-29)35(45-25-30-17-9-4-10-18-30)36(46-26-31-19-11-5-12-20-31)37(38(40)39-34)47-27-32-21-13-6-14-22-32/h3-23,33,35-37H,24-28H2,1-2H3/t33-,35-,36+,37-/m1/s1. The molecule has 1 aliphatic rings. The smallest absolute Gasteiger partial charge is 0.375 e. The van der Waals surface area contributed by atoms with Gasteiger partial charge in [-0.2, -0.15) is 0 Å². The lowest BCUT2D eigenvalue weighted by molar-refractivity contribution is -0.188. The molecule has 6 rings (SSSR count). The number of hydrogen-bond acceptors (Lipinski definition) is 8. The first-order valence-corrected chi connectivity index (χ1v) is 17.5. The van der Waals surface area contributed by atoms with Crippen molar-refractivity contribution in [2.45, 2.75) is 50.8 Å². The van der Waals surface area contributed by atoms with E-state index < -0.39 is 31.9 Å².